The van der Waals surface area contributed by atoms with Crippen molar-refractivity contribution in [2.45, 2.75) is 41.5 Å². The van der Waals surface area contributed by atoms with Crippen LogP contribution in [0.4, 0.5) is 0 Å². The maximum atomic E-state index is 3.59. The molecular weight excluding hydrogens is 296 g/mol. The molecule has 0 aromatic carbocycles. The van der Waals surface area contributed by atoms with Crippen molar-refractivity contribution in [1.29, 1.82) is 0 Å². The minimum atomic E-state index is -1.42. The Labute approximate surface area is 116 Å². The van der Waals surface area contributed by atoms with Crippen molar-refractivity contribution in [2.75, 3.05) is 39.3 Å². The van der Waals surface area contributed by atoms with Gasteiger partial charge in [0.15, 0.2) is 0 Å². The van der Waals surface area contributed by atoms with Gasteiger partial charge < -0.3 is 0 Å². The predicted octanol–water partition coefficient (Wildman–Crippen LogP) is 2.86. The third-order valence-corrected chi connectivity index (χ3v) is 11.6. The summed E-state index contributed by atoms with van der Waals surface area (Å²) >= 11 is 3.59. The van der Waals surface area contributed by atoms with Crippen molar-refractivity contribution >= 4 is 21.1 Å². The van der Waals surface area contributed by atoms with E-state index in [0.717, 1.165) is 39.3 Å². The second kappa shape index (κ2) is 8.85. The van der Waals surface area contributed by atoms with E-state index in [-0.39, 0.29) is 0 Å². The summed E-state index contributed by atoms with van der Waals surface area (Å²) in [5, 5.41) is 0. The van der Waals surface area contributed by atoms with Crippen molar-refractivity contribution in [1.82, 2.24) is 14.0 Å². The van der Waals surface area contributed by atoms with Crippen LogP contribution in [0.3, 0.4) is 0 Å². The van der Waals surface area contributed by atoms with Crippen molar-refractivity contribution in [2.24, 2.45) is 0 Å². The Morgan fingerprint density at radius 1 is 0.588 bits per heavy atom. The van der Waals surface area contributed by atoms with Gasteiger partial charge in [0.25, 0.3) is 0 Å². The molecule has 0 unspecified atom stereocenters. The number of rotatable bonds is 9. The van der Waals surface area contributed by atoms with E-state index in [1.165, 1.54) is 0 Å². The molecule has 0 aliphatic heterocycles. The molecule has 3 nitrogen and oxygen atoms in total. The monoisotopic (exact) mass is 327 g/mol. The van der Waals surface area contributed by atoms with E-state index < -0.39 is 5.96 Å². The van der Waals surface area contributed by atoms with Gasteiger partial charge in [-0.1, -0.05) is 0 Å². The topological polar surface area (TPSA) is 9.72 Å². The van der Waals surface area contributed by atoms with Gasteiger partial charge in [0.2, 0.25) is 0 Å². The summed E-state index contributed by atoms with van der Waals surface area (Å²) in [6.45, 7) is 20.3. The SMILES string of the molecule is CCN(CC)P(=[Se])(N(CC)CC)N(CC)CC. The van der Waals surface area contributed by atoms with Crippen molar-refractivity contribution in [3.63, 3.8) is 0 Å². The van der Waals surface area contributed by atoms with Crippen molar-refractivity contribution in [3.05, 3.63) is 0 Å². The fourth-order valence-corrected chi connectivity index (χ4v) is 9.96. The van der Waals surface area contributed by atoms with Crippen LogP contribution in [-0.2, 0) is 0 Å². The summed E-state index contributed by atoms with van der Waals surface area (Å²) in [4.78, 5) is 0. The summed E-state index contributed by atoms with van der Waals surface area (Å²) in [6, 6.07) is 0. The molecule has 0 N–H and O–H groups in total. The molecule has 0 saturated heterocycles. The number of nitrogens with zero attached hydrogens (tertiary/aromatic N) is 3. The van der Waals surface area contributed by atoms with E-state index in [1.807, 2.05) is 0 Å². The molecule has 104 valence electrons. The number of hydrogen-bond acceptors (Lipinski definition) is 3. The Bertz CT molecular complexity index is 198. The maximum absolute atomic E-state index is 3.59. The van der Waals surface area contributed by atoms with Gasteiger partial charge in [-0.15, -0.1) is 0 Å². The average molecular weight is 326 g/mol. The minimum absolute atomic E-state index is 1.12. The normalized spacial score (nSPS) is 13.0. The fraction of sp³-hybridized carbons (Fsp3) is 1.00. The van der Waals surface area contributed by atoms with Crippen molar-refractivity contribution < 1.29 is 0 Å². The molecule has 0 aromatic heterocycles. The second-order valence-corrected chi connectivity index (χ2v) is 9.74. The van der Waals surface area contributed by atoms with Gasteiger partial charge in [-0.3, -0.25) is 0 Å². The fourth-order valence-electron chi connectivity index (χ4n) is 2.31. The van der Waals surface area contributed by atoms with E-state index >= 15 is 0 Å². The van der Waals surface area contributed by atoms with Crippen LogP contribution in [0, 0.1) is 0 Å². The van der Waals surface area contributed by atoms with E-state index in [0.29, 0.717) is 0 Å². The Hall–Kier alpha value is 0.829. The van der Waals surface area contributed by atoms with Crippen LogP contribution < -0.4 is 0 Å². The van der Waals surface area contributed by atoms with E-state index in [9.17, 15) is 0 Å². The van der Waals surface area contributed by atoms with Gasteiger partial charge in [-0.2, -0.15) is 0 Å². The number of hydrogen-bond donors (Lipinski definition) is 0. The predicted molar refractivity (Wildman–Crippen MR) is 81.4 cm³/mol. The van der Waals surface area contributed by atoms with Crippen LogP contribution in [0.2, 0.25) is 0 Å². The molecule has 0 bridgehead atoms. The zero-order valence-electron chi connectivity index (χ0n) is 12.4. The molecule has 0 aliphatic rings. The molecule has 0 saturated carbocycles. The molecule has 0 amide bonds. The zero-order chi connectivity index (χ0) is 13.5. The third kappa shape index (κ3) is 3.89. The standard InChI is InChI=1S/C12H30N3PSe/c1-7-13(8-2)16(17,14(9-3)10-4)15(11-5)12-6/h7-12H2,1-6H3. The zero-order valence-corrected chi connectivity index (χ0v) is 15.0. The molecular formula is C12H30N3PSe. The van der Waals surface area contributed by atoms with Gasteiger partial charge in [-0.05, 0) is 0 Å². The molecule has 0 fully saturated rings. The molecule has 0 rings (SSSR count). The molecule has 0 spiro atoms. The van der Waals surface area contributed by atoms with Gasteiger partial charge in [0, 0.05) is 0 Å². The molecule has 5 heteroatoms. The molecule has 0 radical (unpaired) electrons. The van der Waals surface area contributed by atoms with E-state index in [1.54, 1.807) is 0 Å². The van der Waals surface area contributed by atoms with Gasteiger partial charge in [0.1, 0.15) is 0 Å². The Morgan fingerprint density at radius 3 is 0.882 bits per heavy atom. The van der Waals surface area contributed by atoms with E-state index in [4.69, 9.17) is 0 Å². The first kappa shape index (κ1) is 17.8. The van der Waals surface area contributed by atoms with Crippen LogP contribution >= 0.6 is 5.96 Å². The van der Waals surface area contributed by atoms with Gasteiger partial charge in [-0.25, -0.2) is 0 Å². The van der Waals surface area contributed by atoms with Gasteiger partial charge >= 0.3 is 116 Å². The molecule has 0 atom stereocenters. The summed E-state index contributed by atoms with van der Waals surface area (Å²) in [7, 11) is 0. The van der Waals surface area contributed by atoms with Crippen LogP contribution in [0.15, 0.2) is 0 Å². The molecule has 17 heavy (non-hydrogen) atoms. The quantitative estimate of drug-likeness (QED) is 0.476. The molecule has 0 aliphatic carbocycles. The summed E-state index contributed by atoms with van der Waals surface area (Å²) in [6.07, 6.45) is 0. The van der Waals surface area contributed by atoms with Crippen LogP contribution in [0.1, 0.15) is 41.5 Å². The third-order valence-electron chi connectivity index (χ3n) is 3.30. The van der Waals surface area contributed by atoms with Crippen molar-refractivity contribution in [3.8, 4) is 0 Å². The van der Waals surface area contributed by atoms with Gasteiger partial charge in [0.05, 0.1) is 0 Å². The first-order chi connectivity index (χ1) is 8.06. The van der Waals surface area contributed by atoms with Crippen LogP contribution in [0.25, 0.3) is 0 Å². The molecule has 0 heterocycles. The second-order valence-electron chi connectivity index (χ2n) is 3.93. The Balaban J connectivity index is 5.38. The summed E-state index contributed by atoms with van der Waals surface area (Å²) in [5.74, 6) is -1.42. The van der Waals surface area contributed by atoms with Crippen LogP contribution in [-0.4, -0.2) is 68.4 Å². The summed E-state index contributed by atoms with van der Waals surface area (Å²) < 4.78 is 7.85. The Kier molecular flexibility index (Phi) is 9.28. The van der Waals surface area contributed by atoms with Crippen LogP contribution in [0.5, 0.6) is 0 Å². The average Bonchev–Trinajstić information content (AvgIpc) is 2.33. The first-order valence-corrected chi connectivity index (χ1v) is 10.8. The van der Waals surface area contributed by atoms with E-state index in [2.05, 4.69) is 70.7 Å². The first-order valence-electron chi connectivity index (χ1n) is 6.92. The summed E-state index contributed by atoms with van der Waals surface area (Å²) in [5.41, 5.74) is 0. The Morgan fingerprint density at radius 2 is 0.765 bits per heavy atom. The molecule has 0 aromatic rings.